The maximum Gasteiger partial charge on any atom is 0.0437 e. The van der Waals surface area contributed by atoms with Crippen molar-refractivity contribution in [3.05, 3.63) is 0 Å². The van der Waals surface area contributed by atoms with Crippen molar-refractivity contribution >= 4 is 23.5 Å². The molecule has 1 rings (SSSR count). The van der Waals surface area contributed by atoms with Gasteiger partial charge in [-0.2, -0.15) is 0 Å². The van der Waals surface area contributed by atoms with E-state index >= 15 is 0 Å². The molecule has 0 unspecified atom stereocenters. The molecule has 0 saturated carbocycles. The van der Waals surface area contributed by atoms with Gasteiger partial charge in [0.15, 0.2) is 0 Å². The van der Waals surface area contributed by atoms with Gasteiger partial charge in [-0.3, -0.25) is 10.6 Å². The van der Waals surface area contributed by atoms with Crippen LogP contribution >= 0.6 is 23.5 Å². The van der Waals surface area contributed by atoms with E-state index in [-0.39, 0.29) is 0 Å². The van der Waals surface area contributed by atoms with Crippen LogP contribution in [0.4, 0.5) is 0 Å². The van der Waals surface area contributed by atoms with E-state index in [0.29, 0.717) is 0 Å². The molecule has 0 aromatic carbocycles. The van der Waals surface area contributed by atoms with Crippen molar-refractivity contribution in [3.8, 4) is 0 Å². The third-order valence-electron chi connectivity index (χ3n) is 0.816. The highest BCUT2D eigenvalue weighted by Gasteiger charge is 1.93. The first-order valence-corrected chi connectivity index (χ1v) is 4.88. The van der Waals surface area contributed by atoms with Gasteiger partial charge >= 0.3 is 0 Å². The van der Waals surface area contributed by atoms with Crippen molar-refractivity contribution in [2.45, 2.75) is 0 Å². The summed E-state index contributed by atoms with van der Waals surface area (Å²) in [6, 6.07) is 0. The molecular weight excluding hydrogens is 140 g/mol. The molecule has 0 radical (unpaired) electrons. The topological polar surface area (TPSA) is 24.1 Å². The molecule has 1 aliphatic heterocycles. The number of thioether (sulfide) groups is 2. The Hall–Kier alpha value is 0.620. The van der Waals surface area contributed by atoms with E-state index in [1.54, 1.807) is 0 Å². The van der Waals surface area contributed by atoms with Crippen molar-refractivity contribution < 1.29 is 0 Å². The van der Waals surface area contributed by atoms with Crippen molar-refractivity contribution in [1.82, 2.24) is 10.6 Å². The predicted octanol–water partition coefficient (Wildman–Crippen LogP) is 0.476. The third-order valence-corrected chi connectivity index (χ3v) is 2.45. The second-order valence-electron chi connectivity index (χ2n) is 1.49. The molecule has 1 saturated heterocycles. The fourth-order valence-electron chi connectivity index (χ4n) is 0.474. The van der Waals surface area contributed by atoms with Gasteiger partial charge in [0.1, 0.15) is 0 Å². The Morgan fingerprint density at radius 1 is 0.750 bits per heavy atom. The molecule has 0 aliphatic carbocycles. The molecule has 0 bridgehead atoms. The Balaban J connectivity index is 2.00. The van der Waals surface area contributed by atoms with E-state index in [4.69, 9.17) is 0 Å². The number of nitrogens with one attached hydrogen (secondary N) is 2. The highest BCUT2D eigenvalue weighted by molar-refractivity contribution is 8.00. The zero-order valence-electron chi connectivity index (χ0n) is 4.64. The van der Waals surface area contributed by atoms with Gasteiger partial charge in [0, 0.05) is 23.5 Å². The van der Waals surface area contributed by atoms with Crippen LogP contribution in [-0.4, -0.2) is 23.5 Å². The summed E-state index contributed by atoms with van der Waals surface area (Å²) in [6.45, 7) is 0. The van der Waals surface area contributed by atoms with Crippen LogP contribution in [0.15, 0.2) is 0 Å². The molecule has 2 N–H and O–H groups in total. The van der Waals surface area contributed by atoms with Gasteiger partial charge in [-0.15, -0.1) is 23.5 Å². The Kier molecular flexibility index (Phi) is 3.78. The Labute approximate surface area is 58.2 Å². The Morgan fingerprint density at radius 2 is 1.12 bits per heavy atom. The van der Waals surface area contributed by atoms with Crippen LogP contribution in [0.5, 0.6) is 0 Å². The molecule has 0 atom stereocenters. The van der Waals surface area contributed by atoms with Crippen LogP contribution < -0.4 is 10.6 Å². The van der Waals surface area contributed by atoms with Crippen LogP contribution in [0, 0.1) is 0 Å². The minimum absolute atomic E-state index is 1.08. The van der Waals surface area contributed by atoms with Gasteiger partial charge in [0.25, 0.3) is 0 Å². The molecule has 48 valence electrons. The van der Waals surface area contributed by atoms with E-state index < -0.39 is 0 Å². The second kappa shape index (κ2) is 4.49. The van der Waals surface area contributed by atoms with Crippen LogP contribution in [-0.2, 0) is 0 Å². The first-order chi connectivity index (χ1) is 4.00. The fraction of sp³-hybridized carbons (Fsp3) is 1.00. The minimum Gasteiger partial charge on any atom is -0.299 e. The normalized spacial score (nSPS) is 24.0. The molecule has 1 aliphatic rings. The lowest BCUT2D eigenvalue weighted by Gasteiger charge is -2.09. The van der Waals surface area contributed by atoms with Crippen molar-refractivity contribution in [2.24, 2.45) is 0 Å². The number of hydrogen-bond donors (Lipinski definition) is 2. The largest absolute Gasteiger partial charge is 0.299 e. The molecule has 2 nitrogen and oxygen atoms in total. The quantitative estimate of drug-likeness (QED) is 0.524. The van der Waals surface area contributed by atoms with Crippen molar-refractivity contribution in [1.29, 1.82) is 0 Å². The average Bonchev–Trinajstić information content (AvgIpc) is 1.62. The molecule has 0 aromatic heterocycles. The summed E-state index contributed by atoms with van der Waals surface area (Å²) in [5.74, 6) is 4.33. The van der Waals surface area contributed by atoms with Gasteiger partial charge in [0.05, 0.1) is 0 Å². The summed E-state index contributed by atoms with van der Waals surface area (Å²) < 4.78 is 0. The van der Waals surface area contributed by atoms with Crippen LogP contribution in [0.3, 0.4) is 0 Å². The molecule has 0 amide bonds. The van der Waals surface area contributed by atoms with Crippen LogP contribution in [0.2, 0.25) is 0 Å². The summed E-state index contributed by atoms with van der Waals surface area (Å²) in [5.41, 5.74) is 0. The average molecular weight is 150 g/mol. The van der Waals surface area contributed by atoms with E-state index in [9.17, 15) is 0 Å². The minimum atomic E-state index is 1.08. The maximum atomic E-state index is 3.27. The molecule has 4 heteroatoms. The first kappa shape index (κ1) is 6.74. The van der Waals surface area contributed by atoms with E-state index in [1.165, 1.54) is 0 Å². The monoisotopic (exact) mass is 150 g/mol. The highest BCUT2D eigenvalue weighted by atomic mass is 32.2. The van der Waals surface area contributed by atoms with Crippen LogP contribution in [0.1, 0.15) is 0 Å². The zero-order chi connectivity index (χ0) is 5.66. The van der Waals surface area contributed by atoms with Crippen LogP contribution in [0.25, 0.3) is 0 Å². The van der Waals surface area contributed by atoms with Gasteiger partial charge < -0.3 is 0 Å². The summed E-state index contributed by atoms with van der Waals surface area (Å²) in [6.07, 6.45) is 0. The van der Waals surface area contributed by atoms with Gasteiger partial charge in [-0.1, -0.05) is 0 Å². The van der Waals surface area contributed by atoms with E-state index in [0.717, 1.165) is 23.5 Å². The van der Waals surface area contributed by atoms with Crippen molar-refractivity contribution in [3.63, 3.8) is 0 Å². The standard InChI is InChI=1S/C4H10N2S2/c1-5-2-8-4-6-3-7-1/h5-6H,1-4H2. The number of rotatable bonds is 0. The summed E-state index contributed by atoms with van der Waals surface area (Å²) in [5, 5.41) is 6.55. The summed E-state index contributed by atoms with van der Waals surface area (Å²) in [4.78, 5) is 0. The SMILES string of the molecule is C1NCSCNCS1. The summed E-state index contributed by atoms with van der Waals surface area (Å²) in [7, 11) is 0. The predicted molar refractivity (Wildman–Crippen MR) is 40.9 cm³/mol. The van der Waals surface area contributed by atoms with E-state index in [1.807, 2.05) is 23.5 Å². The molecule has 0 aromatic rings. The lowest BCUT2D eigenvalue weighted by Crippen LogP contribution is -2.22. The van der Waals surface area contributed by atoms with Crippen molar-refractivity contribution in [2.75, 3.05) is 23.5 Å². The van der Waals surface area contributed by atoms with E-state index in [2.05, 4.69) is 10.6 Å². The smallest absolute Gasteiger partial charge is 0.0437 e. The Bertz CT molecular complexity index is 36.0. The van der Waals surface area contributed by atoms with Gasteiger partial charge in [-0.05, 0) is 0 Å². The summed E-state index contributed by atoms with van der Waals surface area (Å²) >= 11 is 3.79. The van der Waals surface area contributed by atoms with Gasteiger partial charge in [-0.25, -0.2) is 0 Å². The maximum absolute atomic E-state index is 3.27. The molecule has 0 spiro atoms. The molecular formula is C4H10N2S2. The molecule has 1 heterocycles. The molecule has 8 heavy (non-hydrogen) atoms. The molecule has 1 fully saturated rings. The Morgan fingerprint density at radius 3 is 1.50 bits per heavy atom. The lowest BCUT2D eigenvalue weighted by molar-refractivity contribution is 0.893. The second-order valence-corrected chi connectivity index (χ2v) is 3.46. The number of hydrogen-bond acceptors (Lipinski definition) is 4. The van der Waals surface area contributed by atoms with Gasteiger partial charge in [0.2, 0.25) is 0 Å². The zero-order valence-corrected chi connectivity index (χ0v) is 6.28. The highest BCUT2D eigenvalue weighted by Crippen LogP contribution is 2.01. The first-order valence-electron chi connectivity index (χ1n) is 2.57. The third kappa shape index (κ3) is 2.81. The lowest BCUT2D eigenvalue weighted by atomic mass is 11.2. The fourth-order valence-corrected chi connectivity index (χ4v) is 1.92.